The normalized spacial score (nSPS) is 10.1. The van der Waals surface area contributed by atoms with Gasteiger partial charge in [-0.25, -0.2) is 4.79 Å². The van der Waals surface area contributed by atoms with Crippen LogP contribution in [-0.2, 0) is 0 Å². The SMILES string of the molecule is Cc1cccc(Oc2cnccc2C(=O)O)c1C. The number of benzene rings is 1. The zero-order valence-corrected chi connectivity index (χ0v) is 10.2. The van der Waals surface area contributed by atoms with Crippen LogP contribution < -0.4 is 4.74 Å². The number of ether oxygens (including phenoxy) is 1. The summed E-state index contributed by atoms with van der Waals surface area (Å²) in [5.74, 6) is -0.137. The Morgan fingerprint density at radius 3 is 2.72 bits per heavy atom. The first-order chi connectivity index (χ1) is 8.59. The molecule has 0 radical (unpaired) electrons. The summed E-state index contributed by atoms with van der Waals surface area (Å²) in [6.45, 7) is 3.91. The van der Waals surface area contributed by atoms with Gasteiger partial charge in [0.2, 0.25) is 0 Å². The summed E-state index contributed by atoms with van der Waals surface area (Å²) >= 11 is 0. The van der Waals surface area contributed by atoms with Crippen molar-refractivity contribution in [2.24, 2.45) is 0 Å². The van der Waals surface area contributed by atoms with E-state index in [1.165, 1.54) is 18.5 Å². The molecule has 0 bridgehead atoms. The van der Waals surface area contributed by atoms with Crippen LogP contribution in [0.15, 0.2) is 36.7 Å². The Labute approximate surface area is 105 Å². The third kappa shape index (κ3) is 2.32. The van der Waals surface area contributed by atoms with E-state index in [-0.39, 0.29) is 11.3 Å². The smallest absolute Gasteiger partial charge is 0.339 e. The highest BCUT2D eigenvalue weighted by Gasteiger charge is 2.12. The lowest BCUT2D eigenvalue weighted by molar-refractivity contribution is 0.0694. The quantitative estimate of drug-likeness (QED) is 0.899. The van der Waals surface area contributed by atoms with Gasteiger partial charge in [-0.3, -0.25) is 4.98 Å². The fourth-order valence-electron chi connectivity index (χ4n) is 1.59. The maximum absolute atomic E-state index is 11.1. The summed E-state index contributed by atoms with van der Waals surface area (Å²) in [6, 6.07) is 7.07. The molecule has 1 heterocycles. The van der Waals surface area contributed by atoms with E-state index in [0.29, 0.717) is 5.75 Å². The third-order valence-electron chi connectivity index (χ3n) is 2.79. The van der Waals surface area contributed by atoms with Crippen LogP contribution in [0.5, 0.6) is 11.5 Å². The Hall–Kier alpha value is -2.36. The topological polar surface area (TPSA) is 59.4 Å². The molecule has 4 nitrogen and oxygen atoms in total. The number of aromatic carboxylic acids is 1. The summed E-state index contributed by atoms with van der Waals surface area (Å²) in [5.41, 5.74) is 2.18. The monoisotopic (exact) mass is 243 g/mol. The molecule has 0 unspecified atom stereocenters. The molecule has 0 saturated carbocycles. The van der Waals surface area contributed by atoms with Gasteiger partial charge in [-0.2, -0.15) is 0 Å². The fourth-order valence-corrected chi connectivity index (χ4v) is 1.59. The number of pyridine rings is 1. The number of carboxylic acids is 1. The van der Waals surface area contributed by atoms with Crippen LogP contribution in [0.25, 0.3) is 0 Å². The molecule has 1 aromatic carbocycles. The second-order valence-corrected chi connectivity index (χ2v) is 3.98. The van der Waals surface area contributed by atoms with Crippen LogP contribution in [0.2, 0.25) is 0 Å². The Morgan fingerprint density at radius 2 is 2.00 bits per heavy atom. The summed E-state index contributed by atoms with van der Waals surface area (Å²) < 4.78 is 5.64. The minimum Gasteiger partial charge on any atom is -0.478 e. The molecule has 2 aromatic rings. The molecule has 0 aliphatic heterocycles. The second kappa shape index (κ2) is 4.87. The van der Waals surface area contributed by atoms with E-state index in [2.05, 4.69) is 4.98 Å². The predicted molar refractivity (Wildman–Crippen MR) is 67.2 cm³/mol. The van der Waals surface area contributed by atoms with E-state index in [4.69, 9.17) is 9.84 Å². The molecule has 92 valence electrons. The molecule has 0 aliphatic rings. The molecule has 0 atom stereocenters. The molecular weight excluding hydrogens is 230 g/mol. The van der Waals surface area contributed by atoms with Gasteiger partial charge >= 0.3 is 5.97 Å². The zero-order valence-electron chi connectivity index (χ0n) is 10.2. The van der Waals surface area contributed by atoms with Gasteiger partial charge in [-0.15, -0.1) is 0 Å². The van der Waals surface area contributed by atoms with E-state index in [1.807, 2.05) is 26.0 Å². The molecule has 0 aliphatic carbocycles. The van der Waals surface area contributed by atoms with Crippen molar-refractivity contribution in [1.29, 1.82) is 0 Å². The molecule has 1 aromatic heterocycles. The lowest BCUT2D eigenvalue weighted by Gasteiger charge is -2.11. The first kappa shape index (κ1) is 12.1. The van der Waals surface area contributed by atoms with Crippen LogP contribution in [0.4, 0.5) is 0 Å². The number of hydrogen-bond acceptors (Lipinski definition) is 3. The van der Waals surface area contributed by atoms with E-state index < -0.39 is 5.97 Å². The van der Waals surface area contributed by atoms with Crippen molar-refractivity contribution >= 4 is 5.97 Å². The van der Waals surface area contributed by atoms with Crippen molar-refractivity contribution < 1.29 is 14.6 Å². The first-order valence-corrected chi connectivity index (χ1v) is 5.51. The van der Waals surface area contributed by atoms with Crippen LogP contribution in [0, 0.1) is 13.8 Å². The zero-order chi connectivity index (χ0) is 13.1. The predicted octanol–water partition coefficient (Wildman–Crippen LogP) is 3.19. The van der Waals surface area contributed by atoms with E-state index in [0.717, 1.165) is 11.1 Å². The molecule has 18 heavy (non-hydrogen) atoms. The standard InChI is InChI=1S/C14H13NO3/c1-9-4-3-5-12(10(9)2)18-13-8-15-7-6-11(13)14(16)17/h3-8H,1-2H3,(H,16,17). The van der Waals surface area contributed by atoms with E-state index >= 15 is 0 Å². The van der Waals surface area contributed by atoms with Gasteiger partial charge in [0, 0.05) is 6.20 Å². The van der Waals surface area contributed by atoms with Crippen molar-refractivity contribution in [2.75, 3.05) is 0 Å². The summed E-state index contributed by atoms with van der Waals surface area (Å²) in [4.78, 5) is 14.9. The molecule has 4 heteroatoms. The van der Waals surface area contributed by atoms with Gasteiger partial charge in [0.25, 0.3) is 0 Å². The maximum Gasteiger partial charge on any atom is 0.339 e. The maximum atomic E-state index is 11.1. The van der Waals surface area contributed by atoms with Gasteiger partial charge in [0.15, 0.2) is 5.75 Å². The first-order valence-electron chi connectivity index (χ1n) is 5.51. The molecule has 0 amide bonds. The Bertz CT molecular complexity index is 593. The average Bonchev–Trinajstić information content (AvgIpc) is 2.35. The lowest BCUT2D eigenvalue weighted by Crippen LogP contribution is -2.01. The number of hydrogen-bond donors (Lipinski definition) is 1. The minimum absolute atomic E-state index is 0.103. The van der Waals surface area contributed by atoms with Crippen molar-refractivity contribution in [3.05, 3.63) is 53.3 Å². The van der Waals surface area contributed by atoms with Gasteiger partial charge in [-0.05, 0) is 37.1 Å². The summed E-state index contributed by atoms with van der Waals surface area (Å²) in [6.07, 6.45) is 2.84. The van der Waals surface area contributed by atoms with Gasteiger partial charge in [0.05, 0.1) is 6.20 Å². The molecule has 0 saturated heterocycles. The number of rotatable bonds is 3. The third-order valence-corrected chi connectivity index (χ3v) is 2.79. The Morgan fingerprint density at radius 1 is 1.22 bits per heavy atom. The largest absolute Gasteiger partial charge is 0.478 e. The second-order valence-electron chi connectivity index (χ2n) is 3.98. The number of nitrogens with zero attached hydrogens (tertiary/aromatic N) is 1. The summed E-state index contributed by atoms with van der Waals surface area (Å²) in [5, 5.41) is 9.06. The van der Waals surface area contributed by atoms with Crippen molar-refractivity contribution in [1.82, 2.24) is 4.98 Å². The fraction of sp³-hybridized carbons (Fsp3) is 0.143. The molecule has 1 N–H and O–H groups in total. The number of carboxylic acid groups (broad SMARTS) is 1. The molecule has 2 rings (SSSR count). The highest BCUT2D eigenvalue weighted by molar-refractivity contribution is 5.90. The van der Waals surface area contributed by atoms with Crippen molar-refractivity contribution in [3.8, 4) is 11.5 Å². The number of aromatic nitrogens is 1. The van der Waals surface area contributed by atoms with Crippen LogP contribution in [0.1, 0.15) is 21.5 Å². The van der Waals surface area contributed by atoms with Gasteiger partial charge in [-0.1, -0.05) is 12.1 Å². The summed E-state index contributed by atoms with van der Waals surface area (Å²) in [7, 11) is 0. The van der Waals surface area contributed by atoms with Gasteiger partial charge in [0.1, 0.15) is 11.3 Å². The van der Waals surface area contributed by atoms with Crippen LogP contribution in [-0.4, -0.2) is 16.1 Å². The van der Waals surface area contributed by atoms with Crippen molar-refractivity contribution in [2.45, 2.75) is 13.8 Å². The highest BCUT2D eigenvalue weighted by Crippen LogP contribution is 2.28. The van der Waals surface area contributed by atoms with Crippen LogP contribution >= 0.6 is 0 Å². The highest BCUT2D eigenvalue weighted by atomic mass is 16.5. The van der Waals surface area contributed by atoms with E-state index in [1.54, 1.807) is 6.07 Å². The Kier molecular flexibility index (Phi) is 3.28. The molecule has 0 fully saturated rings. The Balaban J connectivity index is 2.40. The number of aryl methyl sites for hydroxylation is 1. The molecular formula is C14H13NO3. The lowest BCUT2D eigenvalue weighted by atomic mass is 10.1. The van der Waals surface area contributed by atoms with Gasteiger partial charge < -0.3 is 9.84 Å². The van der Waals surface area contributed by atoms with Crippen molar-refractivity contribution in [3.63, 3.8) is 0 Å². The average molecular weight is 243 g/mol. The molecule has 0 spiro atoms. The van der Waals surface area contributed by atoms with E-state index in [9.17, 15) is 4.79 Å². The van der Waals surface area contributed by atoms with Crippen LogP contribution in [0.3, 0.4) is 0 Å². The minimum atomic E-state index is -1.03. The number of carbonyl (C=O) groups is 1.